The lowest BCUT2D eigenvalue weighted by molar-refractivity contribution is -0.113. The van der Waals surface area contributed by atoms with Crippen LogP contribution in [0, 0.1) is 6.92 Å². The van der Waals surface area contributed by atoms with Gasteiger partial charge in [0.2, 0.25) is 5.91 Å². The Morgan fingerprint density at radius 3 is 2.29 bits per heavy atom. The van der Waals surface area contributed by atoms with Gasteiger partial charge < -0.3 is 5.32 Å². The van der Waals surface area contributed by atoms with Gasteiger partial charge in [-0.3, -0.25) is 9.35 Å². The number of hydrogen-bond acceptors (Lipinski definition) is 5. The fraction of sp³-hybridized carbons (Fsp3) is 0.105. The van der Waals surface area contributed by atoms with Crippen LogP contribution in [0.25, 0.3) is 10.8 Å². The van der Waals surface area contributed by atoms with Gasteiger partial charge in [0.15, 0.2) is 9.84 Å². The van der Waals surface area contributed by atoms with E-state index in [1.807, 2.05) is 0 Å². The number of carbonyl (C=O) groups excluding carboxylic acids is 1. The zero-order valence-electron chi connectivity index (χ0n) is 14.8. The maximum absolute atomic E-state index is 12.4. The molecule has 1 amide bonds. The molecule has 3 aromatic rings. The number of aryl methyl sites for hydroxylation is 1. The second-order valence-electron chi connectivity index (χ2n) is 6.26. The fourth-order valence-electron chi connectivity index (χ4n) is 2.91. The molecule has 3 aromatic carbocycles. The minimum Gasteiger partial charge on any atom is -0.325 e. The molecule has 3 rings (SSSR count). The minimum atomic E-state index is -4.56. The van der Waals surface area contributed by atoms with Crippen molar-refractivity contribution in [2.24, 2.45) is 0 Å². The van der Waals surface area contributed by atoms with Gasteiger partial charge in [0, 0.05) is 11.1 Å². The molecule has 0 atom stereocenters. The number of benzene rings is 3. The molecule has 28 heavy (non-hydrogen) atoms. The van der Waals surface area contributed by atoms with E-state index in [9.17, 15) is 26.2 Å². The number of amides is 1. The largest absolute Gasteiger partial charge is 0.325 e. The highest BCUT2D eigenvalue weighted by atomic mass is 32.2. The van der Waals surface area contributed by atoms with E-state index in [0.29, 0.717) is 10.9 Å². The molecule has 0 fully saturated rings. The van der Waals surface area contributed by atoms with Crippen LogP contribution in [-0.4, -0.2) is 33.0 Å². The molecule has 0 saturated carbocycles. The molecule has 0 heterocycles. The van der Waals surface area contributed by atoms with Crippen LogP contribution in [0.3, 0.4) is 0 Å². The summed E-state index contributed by atoms with van der Waals surface area (Å²) < 4.78 is 57.9. The lowest BCUT2D eigenvalue weighted by atomic mass is 10.1. The topological polar surface area (TPSA) is 118 Å². The van der Waals surface area contributed by atoms with Crippen LogP contribution < -0.4 is 5.32 Å². The van der Waals surface area contributed by atoms with Gasteiger partial charge in [-0.2, -0.15) is 8.42 Å². The van der Waals surface area contributed by atoms with E-state index in [1.165, 1.54) is 24.3 Å². The number of nitrogens with one attached hydrogen (secondary N) is 1. The molecule has 0 spiro atoms. The summed E-state index contributed by atoms with van der Waals surface area (Å²) in [6.07, 6.45) is 0. The van der Waals surface area contributed by atoms with Crippen molar-refractivity contribution in [1.29, 1.82) is 0 Å². The zero-order chi connectivity index (χ0) is 20.5. The molecule has 0 aliphatic carbocycles. The highest BCUT2D eigenvalue weighted by Gasteiger charge is 2.22. The summed E-state index contributed by atoms with van der Waals surface area (Å²) in [4.78, 5) is 12.0. The first kappa shape index (κ1) is 20.0. The Bertz CT molecular complexity index is 1270. The van der Waals surface area contributed by atoms with Crippen molar-refractivity contribution in [2.75, 3.05) is 11.1 Å². The lowest BCUT2D eigenvalue weighted by Gasteiger charge is -2.13. The average Bonchev–Trinajstić information content (AvgIpc) is 2.60. The van der Waals surface area contributed by atoms with E-state index in [0.717, 1.165) is 0 Å². The number of rotatable bonds is 5. The Kier molecular flexibility index (Phi) is 5.24. The molecule has 0 saturated heterocycles. The highest BCUT2D eigenvalue weighted by Crippen LogP contribution is 2.31. The third-order valence-corrected chi connectivity index (χ3v) is 6.57. The van der Waals surface area contributed by atoms with E-state index in [-0.39, 0.29) is 20.9 Å². The summed E-state index contributed by atoms with van der Waals surface area (Å²) in [6, 6.07) is 15.2. The molecule has 2 N–H and O–H groups in total. The van der Waals surface area contributed by atoms with Gasteiger partial charge in [0.05, 0.1) is 4.90 Å². The van der Waals surface area contributed by atoms with Gasteiger partial charge in [-0.25, -0.2) is 8.42 Å². The normalized spacial score (nSPS) is 12.1. The van der Waals surface area contributed by atoms with Crippen LogP contribution in [0.2, 0.25) is 0 Å². The van der Waals surface area contributed by atoms with E-state index in [2.05, 4.69) is 5.32 Å². The third-order valence-electron chi connectivity index (χ3n) is 4.06. The Balaban J connectivity index is 2.00. The average molecular weight is 419 g/mol. The van der Waals surface area contributed by atoms with Gasteiger partial charge in [-0.05, 0) is 42.1 Å². The molecular formula is C19H17NO6S2. The fourth-order valence-corrected chi connectivity index (χ4v) is 4.89. The lowest BCUT2D eigenvalue weighted by Crippen LogP contribution is -2.23. The van der Waals surface area contributed by atoms with Crippen molar-refractivity contribution < 1.29 is 26.2 Å². The molecule has 0 unspecified atom stereocenters. The minimum absolute atomic E-state index is 0.0114. The van der Waals surface area contributed by atoms with Gasteiger partial charge in [0.25, 0.3) is 10.1 Å². The van der Waals surface area contributed by atoms with E-state index in [4.69, 9.17) is 0 Å². The Hall–Kier alpha value is -2.75. The molecule has 0 bridgehead atoms. The van der Waals surface area contributed by atoms with E-state index >= 15 is 0 Å². The number of anilines is 1. The number of hydrogen-bond donors (Lipinski definition) is 2. The first-order chi connectivity index (χ1) is 13.1. The summed E-state index contributed by atoms with van der Waals surface area (Å²) >= 11 is 0. The van der Waals surface area contributed by atoms with Crippen LogP contribution in [-0.2, 0) is 24.7 Å². The molecular weight excluding hydrogens is 402 g/mol. The van der Waals surface area contributed by atoms with Crippen molar-refractivity contribution in [3.05, 3.63) is 66.2 Å². The second kappa shape index (κ2) is 7.34. The van der Waals surface area contributed by atoms with Crippen LogP contribution in [0.4, 0.5) is 5.69 Å². The molecule has 0 aliphatic rings. The Morgan fingerprint density at radius 2 is 1.64 bits per heavy atom. The first-order valence-corrected chi connectivity index (χ1v) is 11.3. The van der Waals surface area contributed by atoms with Crippen molar-refractivity contribution in [2.45, 2.75) is 16.7 Å². The van der Waals surface area contributed by atoms with Gasteiger partial charge >= 0.3 is 0 Å². The van der Waals surface area contributed by atoms with Crippen LogP contribution >= 0.6 is 0 Å². The molecule has 9 heteroatoms. The highest BCUT2D eigenvalue weighted by molar-refractivity contribution is 7.92. The first-order valence-electron chi connectivity index (χ1n) is 8.16. The number of sulfone groups is 1. The quantitative estimate of drug-likeness (QED) is 0.614. The third kappa shape index (κ3) is 4.22. The smallest absolute Gasteiger partial charge is 0.295 e. The maximum atomic E-state index is 12.4. The molecule has 146 valence electrons. The number of fused-ring (bicyclic) bond motifs is 1. The summed E-state index contributed by atoms with van der Waals surface area (Å²) in [5, 5.41) is 3.04. The van der Waals surface area contributed by atoms with Crippen molar-refractivity contribution in [1.82, 2.24) is 0 Å². The molecule has 7 nitrogen and oxygen atoms in total. The van der Waals surface area contributed by atoms with Crippen LogP contribution in [0.15, 0.2) is 70.5 Å². The van der Waals surface area contributed by atoms with Crippen LogP contribution in [0.5, 0.6) is 0 Å². The van der Waals surface area contributed by atoms with Crippen molar-refractivity contribution in [3.8, 4) is 0 Å². The maximum Gasteiger partial charge on any atom is 0.295 e. The summed E-state index contributed by atoms with van der Waals surface area (Å²) in [7, 11) is -8.42. The molecule has 0 aromatic heterocycles. The van der Waals surface area contributed by atoms with Crippen molar-refractivity contribution >= 4 is 42.3 Å². The summed E-state index contributed by atoms with van der Waals surface area (Å²) in [5.41, 5.74) is 0.702. The van der Waals surface area contributed by atoms with Gasteiger partial charge in [0.1, 0.15) is 10.6 Å². The summed E-state index contributed by atoms with van der Waals surface area (Å²) in [5.74, 6) is -1.63. The van der Waals surface area contributed by atoms with E-state index in [1.54, 1.807) is 43.3 Å². The van der Waals surface area contributed by atoms with E-state index < -0.39 is 31.6 Å². The predicted molar refractivity (Wildman–Crippen MR) is 106 cm³/mol. The van der Waals surface area contributed by atoms with Crippen molar-refractivity contribution in [3.63, 3.8) is 0 Å². The van der Waals surface area contributed by atoms with Gasteiger partial charge in [-0.15, -0.1) is 0 Å². The number of carbonyl (C=O) groups is 1. The molecule has 0 aliphatic heterocycles. The Morgan fingerprint density at radius 1 is 0.964 bits per heavy atom. The standard InChI is InChI=1S/C19H17NO6S2/c1-13-10-14-6-5-9-16(19(14)17(11-13)28(24,25)26)20-18(21)12-27(22,23)15-7-3-2-4-8-15/h2-11H,12H2,1H3,(H,20,21)(H,24,25,26). The molecule has 0 radical (unpaired) electrons. The van der Waals surface area contributed by atoms with Crippen LogP contribution in [0.1, 0.15) is 5.56 Å². The predicted octanol–water partition coefficient (Wildman–Crippen LogP) is 2.81. The second-order valence-corrected chi connectivity index (χ2v) is 9.64. The zero-order valence-corrected chi connectivity index (χ0v) is 16.4. The SMILES string of the molecule is Cc1cc(S(=O)(=O)O)c2c(NC(=O)CS(=O)(=O)c3ccccc3)cccc2c1. The monoisotopic (exact) mass is 419 g/mol. The van der Waals surface area contributed by atoms with Gasteiger partial charge in [-0.1, -0.05) is 36.4 Å². The summed E-state index contributed by atoms with van der Waals surface area (Å²) in [6.45, 7) is 1.67. The Labute approximate surface area is 162 Å².